The number of rotatable bonds is 15. The number of amides is 1. The van der Waals surface area contributed by atoms with E-state index < -0.39 is 49.5 Å². The SMILES string of the molecule is CC(=O)OC(C)=O.CC(=O)Oc1ccccc1-c1nc(C)c(CCO[N+](=O)[O-])s1.Cc1nc(-c2ccccc2O)sc1CCO.Cc1nc(-c2ccccc2O)sc1CCO[N+](=O)[O-].NC(=O)c1ccccc1O.O=S(=O)(O)O.O=[N+]([O-])O. The van der Waals surface area contributed by atoms with Crippen molar-refractivity contribution >= 4 is 68.2 Å². The lowest BCUT2D eigenvalue weighted by atomic mass is 10.2. The average molecular weight is 1240 g/mol. The second-order valence-corrected chi connectivity index (χ2v) is 19.6. The van der Waals surface area contributed by atoms with E-state index in [9.17, 15) is 49.6 Å². The Morgan fingerprint density at radius 2 is 0.892 bits per heavy atom. The molecule has 30 nitrogen and oxygen atoms in total. The van der Waals surface area contributed by atoms with E-state index in [0.29, 0.717) is 46.2 Å². The Hall–Kier alpha value is -9.32. The number of ether oxygens (including phenoxy) is 2. The quantitative estimate of drug-likeness (QED) is 0.0124. The summed E-state index contributed by atoms with van der Waals surface area (Å²) in [7, 11) is -4.67. The number of aromatic hydroxyl groups is 3. The Labute approximate surface area is 483 Å². The third kappa shape index (κ3) is 30.2. The number of thiazole rings is 3. The first kappa shape index (κ1) is 71.7. The molecule has 9 N–H and O–H groups in total. The van der Waals surface area contributed by atoms with E-state index in [1.807, 2.05) is 51.1 Å². The van der Waals surface area contributed by atoms with Gasteiger partial charge in [-0.3, -0.25) is 28.3 Å². The predicted octanol–water partition coefficient (Wildman–Crippen LogP) is 7.32. The summed E-state index contributed by atoms with van der Waals surface area (Å²) in [5.74, 6) is -1.36. The number of nitrogens with zero attached hydrogens (tertiary/aromatic N) is 6. The zero-order chi connectivity index (χ0) is 63.0. The van der Waals surface area contributed by atoms with Gasteiger partial charge in [-0.25, -0.2) is 15.0 Å². The molecule has 34 heteroatoms. The number of nitrogens with two attached hydrogens (primary N) is 1. The number of aromatic nitrogens is 3. The molecule has 0 unspecified atom stereocenters. The molecule has 0 aliphatic rings. The van der Waals surface area contributed by atoms with Crippen LogP contribution in [-0.4, -0.2) is 117 Å². The zero-order valence-electron chi connectivity index (χ0n) is 44.5. The molecule has 0 fully saturated rings. The van der Waals surface area contributed by atoms with E-state index >= 15 is 0 Å². The number of primary amides is 1. The number of benzene rings is 4. The molecule has 0 radical (unpaired) electrons. The summed E-state index contributed by atoms with van der Waals surface area (Å²) in [6.07, 6.45) is 1.45. The molecule has 4 aromatic carbocycles. The molecule has 1 amide bonds. The van der Waals surface area contributed by atoms with E-state index in [2.05, 4.69) is 29.4 Å². The highest BCUT2D eigenvalue weighted by Crippen LogP contribution is 2.36. The third-order valence-corrected chi connectivity index (χ3v) is 12.9. The van der Waals surface area contributed by atoms with Crippen LogP contribution in [0.1, 0.15) is 62.8 Å². The van der Waals surface area contributed by atoms with Gasteiger partial charge in [0.25, 0.3) is 21.2 Å². The fourth-order valence-corrected chi connectivity index (χ4v) is 9.17. The van der Waals surface area contributed by atoms with Crippen LogP contribution < -0.4 is 10.5 Å². The molecule has 0 aliphatic carbocycles. The number of hydrogen-bond acceptors (Lipinski definition) is 26. The number of para-hydroxylation sites is 4. The standard InChI is InChI=1S/C14H14N2O5S.C12H12N2O4S.C12H13NO2S.C7H7NO2.C4H6O3.HNO3.H2O4S/c1-9-13(7-8-20-16(18)19)22-14(15-9)11-5-3-4-6-12(11)21-10(2)17;1-8-11(6-7-18-14(16)17)19-12(13-8)9-4-2-3-5-10(9)15;1-8-11(6-7-14)16-12(13-8)9-4-2-3-5-10(9)15;8-7(10)5-3-1-2-4-6(5)9;1-3(5)7-4(2)6;2-1(3)4;1-5(2,3)4/h3-6H,7-8H2,1-2H3;2-5,15H,6-7H2,1H3;2-5,14-15H,6-7H2,1H3;1-4,9H,(H2,8,10);1-2H3;(H,2,3,4);(H2,1,2,3,4). The normalized spacial score (nSPS) is 9.89. The van der Waals surface area contributed by atoms with Gasteiger partial charge in [-0.2, -0.15) is 8.42 Å². The molecule has 83 heavy (non-hydrogen) atoms. The lowest BCUT2D eigenvalue weighted by molar-refractivity contribution is -0.757. The van der Waals surface area contributed by atoms with E-state index in [-0.39, 0.29) is 42.6 Å². The van der Waals surface area contributed by atoms with Crippen LogP contribution in [0.5, 0.6) is 23.0 Å². The van der Waals surface area contributed by atoms with Gasteiger partial charge in [0.1, 0.15) is 51.2 Å². The van der Waals surface area contributed by atoms with Crippen LogP contribution in [0, 0.1) is 51.1 Å². The highest BCUT2D eigenvalue weighted by molar-refractivity contribution is 7.79. The molecule has 3 heterocycles. The van der Waals surface area contributed by atoms with Crippen LogP contribution in [-0.2, 0) is 58.5 Å². The first-order chi connectivity index (χ1) is 38.8. The van der Waals surface area contributed by atoms with Gasteiger partial charge in [0.05, 0.1) is 39.3 Å². The second kappa shape index (κ2) is 36.8. The molecule has 7 aromatic rings. The molecule has 0 atom stereocenters. The van der Waals surface area contributed by atoms with Crippen molar-refractivity contribution in [2.24, 2.45) is 5.73 Å². The number of aliphatic hydroxyl groups is 1. The predicted molar refractivity (Wildman–Crippen MR) is 298 cm³/mol. The molecule has 0 saturated carbocycles. The number of carbonyl (C=O) groups is 4. The largest absolute Gasteiger partial charge is 0.507 e. The van der Waals surface area contributed by atoms with Crippen LogP contribution in [0.25, 0.3) is 31.7 Å². The van der Waals surface area contributed by atoms with Gasteiger partial charge in [0.15, 0.2) is 0 Å². The van der Waals surface area contributed by atoms with Crippen molar-refractivity contribution in [2.45, 2.75) is 60.8 Å². The molecule has 448 valence electrons. The highest BCUT2D eigenvalue weighted by Gasteiger charge is 2.16. The van der Waals surface area contributed by atoms with Gasteiger partial charge >= 0.3 is 28.3 Å². The minimum absolute atomic E-state index is 0.0102. The zero-order valence-corrected chi connectivity index (χ0v) is 47.8. The molecule has 0 spiro atoms. The average Bonchev–Trinajstić information content (AvgIpc) is 4.28. The van der Waals surface area contributed by atoms with Gasteiger partial charge in [-0.15, -0.1) is 64.4 Å². The topological polar surface area (TPSA) is 475 Å². The van der Waals surface area contributed by atoms with E-state index in [4.69, 9.17) is 53.5 Å². The first-order valence-electron chi connectivity index (χ1n) is 23.0. The molecular formula is C49H55N7O23S4. The molecule has 0 saturated heterocycles. The molecule has 0 aliphatic heterocycles. The van der Waals surface area contributed by atoms with Crippen LogP contribution in [0.2, 0.25) is 0 Å². The minimum atomic E-state index is -4.67. The number of aliphatic hydroxyl groups excluding tert-OH is 1. The number of esters is 3. The summed E-state index contributed by atoms with van der Waals surface area (Å²) in [6.45, 7) is 9.41. The highest BCUT2D eigenvalue weighted by atomic mass is 32.3. The molecule has 0 bridgehead atoms. The number of hydrogen-bond donors (Lipinski definition) is 8. The molecule has 7 rings (SSSR count). The summed E-state index contributed by atoms with van der Waals surface area (Å²) >= 11 is 4.33. The van der Waals surface area contributed by atoms with E-state index in [0.717, 1.165) is 42.3 Å². The Bertz CT molecular complexity index is 3360. The van der Waals surface area contributed by atoms with Crippen LogP contribution >= 0.6 is 34.0 Å². The fraction of sp³-hybridized carbons (Fsp3) is 0.245. The Morgan fingerprint density at radius 3 is 1.19 bits per heavy atom. The Kier molecular flexibility index (Phi) is 31.8. The number of phenols is 3. The summed E-state index contributed by atoms with van der Waals surface area (Å²) in [6, 6.07) is 27.4. The van der Waals surface area contributed by atoms with Gasteiger partial charge < -0.3 is 50.5 Å². The summed E-state index contributed by atoms with van der Waals surface area (Å²) < 4.78 is 40.7. The van der Waals surface area contributed by atoms with Gasteiger partial charge in [0.2, 0.25) is 0 Å². The number of carbonyl (C=O) groups excluding carboxylic acids is 4. The first-order valence-corrected chi connectivity index (χ1v) is 26.9. The van der Waals surface area contributed by atoms with Crippen molar-refractivity contribution in [3.05, 3.63) is 165 Å². The van der Waals surface area contributed by atoms with E-state index in [1.54, 1.807) is 54.6 Å². The Balaban J connectivity index is 0.000000518. The van der Waals surface area contributed by atoms with Crippen molar-refractivity contribution in [1.29, 1.82) is 0 Å². The van der Waals surface area contributed by atoms with Crippen molar-refractivity contribution < 1.29 is 96.7 Å². The number of phenolic OH excluding ortho intramolecular Hbond substituents is 2. The maximum Gasteiger partial charge on any atom is 0.394 e. The third-order valence-electron chi connectivity index (χ3n) is 9.17. The van der Waals surface area contributed by atoms with Gasteiger partial charge in [-0.05, 0) is 69.3 Å². The van der Waals surface area contributed by atoms with Gasteiger partial charge in [-0.1, -0.05) is 48.5 Å². The summed E-state index contributed by atoms with van der Waals surface area (Å²) in [4.78, 5) is 94.6. The molecule has 3 aromatic heterocycles. The monoisotopic (exact) mass is 1240 g/mol. The molecular weight excluding hydrogens is 1180 g/mol. The lowest BCUT2D eigenvalue weighted by Crippen LogP contribution is -2.10. The smallest absolute Gasteiger partial charge is 0.394 e. The van der Waals surface area contributed by atoms with Crippen molar-refractivity contribution in [1.82, 2.24) is 15.0 Å². The lowest BCUT2D eigenvalue weighted by Gasteiger charge is -2.05. The van der Waals surface area contributed by atoms with Crippen molar-refractivity contribution in [3.8, 4) is 54.7 Å². The number of aryl methyl sites for hydroxylation is 3. The Morgan fingerprint density at radius 1 is 0.566 bits per heavy atom. The van der Waals surface area contributed by atoms with Crippen LogP contribution in [0.4, 0.5) is 0 Å². The van der Waals surface area contributed by atoms with Crippen LogP contribution in [0.15, 0.2) is 97.1 Å². The maximum absolute atomic E-state index is 11.2. The fourth-order valence-electron chi connectivity index (χ4n) is 5.93. The minimum Gasteiger partial charge on any atom is -0.507 e. The maximum atomic E-state index is 11.2. The van der Waals surface area contributed by atoms with Crippen LogP contribution in [0.3, 0.4) is 0 Å². The van der Waals surface area contributed by atoms with Gasteiger partial charge in [0, 0.05) is 61.3 Å². The summed E-state index contributed by atoms with van der Waals surface area (Å²) in [5.41, 5.74) is 9.71. The summed E-state index contributed by atoms with van der Waals surface area (Å²) in [5, 5.41) is 71.8. The second-order valence-electron chi connectivity index (χ2n) is 15.4. The van der Waals surface area contributed by atoms with Crippen molar-refractivity contribution in [3.63, 3.8) is 0 Å². The van der Waals surface area contributed by atoms with E-state index in [1.165, 1.54) is 66.9 Å². The van der Waals surface area contributed by atoms with Crippen molar-refractivity contribution in [2.75, 3.05) is 19.8 Å².